The summed E-state index contributed by atoms with van der Waals surface area (Å²) in [5.41, 5.74) is 0. The largest absolute Gasteiger partial charge is 0.372 e. The Hall–Kier alpha value is -0.730. The first kappa shape index (κ1) is 12.7. The van der Waals surface area contributed by atoms with Gasteiger partial charge in [0.25, 0.3) is 5.09 Å². The Morgan fingerprint density at radius 2 is 2.12 bits per heavy atom. The van der Waals surface area contributed by atoms with Crippen molar-refractivity contribution >= 4 is 10.8 Å². The van der Waals surface area contributed by atoms with Gasteiger partial charge in [-0.15, -0.1) is 10.1 Å². The van der Waals surface area contributed by atoms with Crippen molar-refractivity contribution in [2.45, 2.75) is 36.9 Å². The maximum Gasteiger partial charge on any atom is 0.294 e. The molecule has 0 radical (unpaired) electrons. The molecule has 17 heavy (non-hydrogen) atoms. The van der Waals surface area contributed by atoms with Crippen LogP contribution in [0.1, 0.15) is 13.3 Å². The molecule has 0 bridgehead atoms. The predicted octanol–water partition coefficient (Wildman–Crippen LogP) is -0.112. The predicted molar refractivity (Wildman–Crippen MR) is 58.4 cm³/mol. The first-order valence-electron chi connectivity index (χ1n) is 5.55. The molecule has 2 saturated heterocycles. The maximum atomic E-state index is 11.9. The average Bonchev–Trinajstić information content (AvgIpc) is 2.80. The van der Waals surface area contributed by atoms with Crippen LogP contribution in [-0.4, -0.2) is 51.8 Å². The molecule has 2 aliphatic rings. The molecule has 7 nitrogen and oxygen atoms in total. The zero-order valence-electron chi connectivity index (χ0n) is 9.44. The number of nitrogens with zero attached hydrogens (tertiary/aromatic N) is 1. The van der Waals surface area contributed by atoms with E-state index >= 15 is 0 Å². The van der Waals surface area contributed by atoms with Crippen LogP contribution < -0.4 is 0 Å². The fraction of sp³-hybridized carbons (Fsp3) is 1.00. The van der Waals surface area contributed by atoms with Gasteiger partial charge in [-0.3, -0.25) is 4.21 Å². The molecule has 0 amide bonds. The van der Waals surface area contributed by atoms with Crippen LogP contribution in [0.3, 0.4) is 0 Å². The Morgan fingerprint density at radius 1 is 1.41 bits per heavy atom. The van der Waals surface area contributed by atoms with Gasteiger partial charge in [0, 0.05) is 16.6 Å². The zero-order valence-corrected chi connectivity index (χ0v) is 10.3. The van der Waals surface area contributed by atoms with E-state index in [4.69, 9.17) is 9.47 Å². The lowest BCUT2D eigenvalue weighted by atomic mass is 10.1. The molecule has 5 atom stereocenters. The Kier molecular flexibility index (Phi) is 3.95. The second-order valence-corrected chi connectivity index (χ2v) is 5.86. The summed E-state index contributed by atoms with van der Waals surface area (Å²) in [7, 11) is -1.01. The summed E-state index contributed by atoms with van der Waals surface area (Å²) >= 11 is 0. The topological polar surface area (TPSA) is 87.9 Å². The molecule has 0 aromatic carbocycles. The van der Waals surface area contributed by atoms with Crippen LogP contribution in [0.25, 0.3) is 0 Å². The van der Waals surface area contributed by atoms with Gasteiger partial charge in [0.1, 0.15) is 12.2 Å². The van der Waals surface area contributed by atoms with Gasteiger partial charge < -0.3 is 14.3 Å². The Bertz CT molecular complexity index is 325. The average molecular weight is 265 g/mol. The highest BCUT2D eigenvalue weighted by molar-refractivity contribution is 7.85. The summed E-state index contributed by atoms with van der Waals surface area (Å²) in [4.78, 5) is 14.8. The fourth-order valence-corrected chi connectivity index (χ4v) is 3.68. The Labute approximate surface area is 101 Å². The summed E-state index contributed by atoms with van der Waals surface area (Å²) in [6, 6.07) is 0. The van der Waals surface area contributed by atoms with Crippen molar-refractivity contribution in [1.29, 1.82) is 0 Å². The van der Waals surface area contributed by atoms with E-state index in [9.17, 15) is 14.3 Å². The van der Waals surface area contributed by atoms with E-state index in [1.165, 1.54) is 0 Å². The third-order valence-corrected chi connectivity index (χ3v) is 4.82. The lowest BCUT2D eigenvalue weighted by Gasteiger charge is -2.15. The van der Waals surface area contributed by atoms with Crippen LogP contribution in [0.5, 0.6) is 0 Å². The van der Waals surface area contributed by atoms with Gasteiger partial charge in [-0.2, -0.15) is 0 Å². The lowest BCUT2D eigenvalue weighted by Crippen LogP contribution is -2.36. The van der Waals surface area contributed by atoms with Crippen molar-refractivity contribution in [1.82, 2.24) is 0 Å². The number of hydrogen-bond donors (Lipinski definition) is 0. The molecular weight excluding hydrogens is 250 g/mol. The Balaban J connectivity index is 1.97. The van der Waals surface area contributed by atoms with Crippen LogP contribution in [0, 0.1) is 10.1 Å². The molecule has 2 heterocycles. The van der Waals surface area contributed by atoms with E-state index in [0.29, 0.717) is 12.4 Å². The van der Waals surface area contributed by atoms with Crippen molar-refractivity contribution in [3.05, 3.63) is 10.1 Å². The molecule has 2 fully saturated rings. The van der Waals surface area contributed by atoms with Crippen molar-refractivity contribution in [3.8, 4) is 0 Å². The summed E-state index contributed by atoms with van der Waals surface area (Å²) in [5, 5.41) is 9.24. The van der Waals surface area contributed by atoms with E-state index in [1.807, 2.05) is 6.92 Å². The van der Waals surface area contributed by atoms with Crippen LogP contribution in [0.2, 0.25) is 0 Å². The third kappa shape index (κ3) is 2.58. The zero-order chi connectivity index (χ0) is 12.4. The van der Waals surface area contributed by atoms with Crippen LogP contribution in [-0.2, 0) is 25.1 Å². The lowest BCUT2D eigenvalue weighted by molar-refractivity contribution is -0.769. The van der Waals surface area contributed by atoms with E-state index < -0.39 is 28.1 Å². The molecule has 2 rings (SSSR count). The normalized spacial score (nSPS) is 37.7. The first-order chi connectivity index (χ1) is 8.13. The molecule has 0 aromatic heterocycles. The molecular formula is C9H15NO6S. The number of rotatable bonds is 5. The molecule has 0 aliphatic carbocycles. The van der Waals surface area contributed by atoms with E-state index in [0.717, 1.165) is 6.42 Å². The second kappa shape index (κ2) is 5.28. The highest BCUT2D eigenvalue weighted by atomic mass is 32.2. The molecule has 0 saturated carbocycles. The van der Waals surface area contributed by atoms with Crippen molar-refractivity contribution in [3.63, 3.8) is 0 Å². The first-order valence-corrected chi connectivity index (χ1v) is 6.93. The van der Waals surface area contributed by atoms with E-state index in [2.05, 4.69) is 4.84 Å². The van der Waals surface area contributed by atoms with Gasteiger partial charge in [-0.05, 0) is 6.42 Å². The molecule has 8 heteroatoms. The molecule has 0 aromatic rings. The third-order valence-electron chi connectivity index (χ3n) is 2.93. The van der Waals surface area contributed by atoms with Crippen LogP contribution in [0.15, 0.2) is 0 Å². The van der Waals surface area contributed by atoms with Crippen LogP contribution >= 0.6 is 0 Å². The molecule has 98 valence electrons. The fourth-order valence-electron chi connectivity index (χ4n) is 2.21. The minimum absolute atomic E-state index is 0.121. The molecule has 1 unspecified atom stereocenters. The standard InChI is InChI=1S/C9H15NO6S/c1-2-3-17(13)7-5-15-8-6(16-10(11)12)4-14-9(7)8/h6-9H,2-5H2,1H3/t6-,7-,8+,9+,17?/m1/s1. The van der Waals surface area contributed by atoms with Gasteiger partial charge in [-0.25, -0.2) is 0 Å². The molecule has 0 spiro atoms. The van der Waals surface area contributed by atoms with Crippen molar-refractivity contribution < 1.29 is 23.6 Å². The SMILES string of the molecule is CCCS(=O)[C@@H]1CO[C@@H]2[C@H]1OC[C@H]2O[N+](=O)[O-]. The minimum Gasteiger partial charge on any atom is -0.372 e. The summed E-state index contributed by atoms with van der Waals surface area (Å²) < 4.78 is 22.7. The van der Waals surface area contributed by atoms with Gasteiger partial charge in [0.2, 0.25) is 0 Å². The number of fused-ring (bicyclic) bond motifs is 1. The maximum absolute atomic E-state index is 11.9. The monoisotopic (exact) mass is 265 g/mol. The minimum atomic E-state index is -1.01. The van der Waals surface area contributed by atoms with Crippen molar-refractivity contribution in [2.24, 2.45) is 0 Å². The summed E-state index contributed by atoms with van der Waals surface area (Å²) in [6.07, 6.45) is -0.674. The summed E-state index contributed by atoms with van der Waals surface area (Å²) in [6.45, 7) is 2.40. The van der Waals surface area contributed by atoms with Gasteiger partial charge in [0.15, 0.2) is 6.10 Å². The van der Waals surface area contributed by atoms with Crippen LogP contribution in [0.4, 0.5) is 0 Å². The number of ether oxygens (including phenoxy) is 2. The van der Waals surface area contributed by atoms with Gasteiger partial charge in [-0.1, -0.05) is 6.92 Å². The van der Waals surface area contributed by atoms with E-state index in [-0.39, 0.29) is 18.0 Å². The molecule has 2 aliphatic heterocycles. The van der Waals surface area contributed by atoms with E-state index in [1.54, 1.807) is 0 Å². The smallest absolute Gasteiger partial charge is 0.294 e. The number of hydrogen-bond acceptors (Lipinski definition) is 6. The second-order valence-electron chi connectivity index (χ2n) is 4.09. The quantitative estimate of drug-likeness (QED) is 0.509. The Morgan fingerprint density at radius 3 is 2.76 bits per heavy atom. The summed E-state index contributed by atoms with van der Waals surface area (Å²) in [5.74, 6) is 0.599. The van der Waals surface area contributed by atoms with Gasteiger partial charge in [0.05, 0.1) is 18.5 Å². The highest BCUT2D eigenvalue weighted by Gasteiger charge is 2.51. The van der Waals surface area contributed by atoms with Gasteiger partial charge >= 0.3 is 0 Å². The molecule has 0 N–H and O–H groups in total. The van der Waals surface area contributed by atoms with Crippen molar-refractivity contribution in [2.75, 3.05) is 19.0 Å². The highest BCUT2D eigenvalue weighted by Crippen LogP contribution is 2.31.